The summed E-state index contributed by atoms with van der Waals surface area (Å²) in [4.78, 5) is 12.2. The lowest BCUT2D eigenvalue weighted by atomic mass is 9.99. The normalized spacial score (nSPS) is 12.2. The molecule has 0 amide bonds. The van der Waals surface area contributed by atoms with Crippen LogP contribution in [0, 0.1) is 11.6 Å². The lowest BCUT2D eigenvalue weighted by Gasteiger charge is -2.15. The van der Waals surface area contributed by atoms with E-state index < -0.39 is 29.1 Å². The van der Waals surface area contributed by atoms with Crippen molar-refractivity contribution >= 4 is 5.78 Å². The molecule has 0 fully saturated rings. The van der Waals surface area contributed by atoms with E-state index in [0.29, 0.717) is 5.56 Å². The Bertz CT molecular complexity index is 562. The van der Waals surface area contributed by atoms with Crippen molar-refractivity contribution in [2.45, 2.75) is 6.10 Å². The fraction of sp³-hybridized carbons (Fsp3) is 0.133. The van der Waals surface area contributed by atoms with Crippen LogP contribution in [0.5, 0.6) is 0 Å². The second-order valence-corrected chi connectivity index (χ2v) is 3.99. The molecule has 2 nitrogen and oxygen atoms in total. The summed E-state index contributed by atoms with van der Waals surface area (Å²) in [7, 11) is 1.33. The van der Waals surface area contributed by atoms with Crippen LogP contribution >= 0.6 is 0 Å². The zero-order valence-corrected chi connectivity index (χ0v) is 10.3. The van der Waals surface area contributed by atoms with Crippen LogP contribution in [0.3, 0.4) is 0 Å². The summed E-state index contributed by atoms with van der Waals surface area (Å²) >= 11 is 0. The molecule has 0 N–H and O–H groups in total. The number of carbonyl (C=O) groups excluding carboxylic acids is 1. The molecule has 98 valence electrons. The van der Waals surface area contributed by atoms with Gasteiger partial charge in [0.05, 0.1) is 5.56 Å². The van der Waals surface area contributed by atoms with Crippen LogP contribution in [-0.2, 0) is 4.74 Å². The van der Waals surface area contributed by atoms with Gasteiger partial charge in [-0.15, -0.1) is 0 Å². The molecule has 2 rings (SSSR count). The van der Waals surface area contributed by atoms with E-state index in [-0.39, 0.29) is 0 Å². The van der Waals surface area contributed by atoms with Gasteiger partial charge in [0.1, 0.15) is 17.7 Å². The van der Waals surface area contributed by atoms with E-state index in [0.717, 1.165) is 12.1 Å². The number of benzene rings is 2. The van der Waals surface area contributed by atoms with Gasteiger partial charge in [-0.2, -0.15) is 0 Å². The van der Waals surface area contributed by atoms with E-state index >= 15 is 0 Å². The van der Waals surface area contributed by atoms with Crippen LogP contribution < -0.4 is 0 Å². The maximum atomic E-state index is 13.6. The molecule has 0 radical (unpaired) electrons. The predicted octanol–water partition coefficient (Wildman–Crippen LogP) is 3.54. The van der Waals surface area contributed by atoms with E-state index in [2.05, 4.69) is 0 Å². The van der Waals surface area contributed by atoms with Crippen LogP contribution in [0.25, 0.3) is 0 Å². The van der Waals surface area contributed by atoms with Gasteiger partial charge in [-0.3, -0.25) is 4.79 Å². The summed E-state index contributed by atoms with van der Waals surface area (Å²) in [5.41, 5.74) is -0.0177. The van der Waals surface area contributed by atoms with Crippen molar-refractivity contribution < 1.29 is 18.3 Å². The highest BCUT2D eigenvalue weighted by molar-refractivity contribution is 6.00. The van der Waals surface area contributed by atoms with Gasteiger partial charge in [-0.25, -0.2) is 8.78 Å². The monoisotopic (exact) mass is 262 g/mol. The Morgan fingerprint density at radius 1 is 1.00 bits per heavy atom. The van der Waals surface area contributed by atoms with Crippen LogP contribution in [-0.4, -0.2) is 12.9 Å². The molecular formula is C15H12F2O2. The molecule has 0 bridgehead atoms. The number of Topliss-reactive ketones (excluding diaryl/α,β-unsaturated/α-hetero) is 1. The number of carbonyl (C=O) groups is 1. The van der Waals surface area contributed by atoms with Crippen molar-refractivity contribution in [3.05, 3.63) is 71.3 Å². The summed E-state index contributed by atoms with van der Waals surface area (Å²) < 4.78 is 32.3. The Morgan fingerprint density at radius 2 is 1.58 bits per heavy atom. The standard InChI is InChI=1S/C15H12F2O2/c1-19-15(10-6-3-2-4-7-10)14(18)13-11(16)8-5-9-12(13)17/h2-9,15H,1H3. The minimum Gasteiger partial charge on any atom is -0.369 e. The smallest absolute Gasteiger partial charge is 0.201 e. The second-order valence-electron chi connectivity index (χ2n) is 3.99. The van der Waals surface area contributed by atoms with Gasteiger partial charge in [0.25, 0.3) is 0 Å². The molecule has 2 aromatic carbocycles. The quantitative estimate of drug-likeness (QED) is 0.788. The number of methoxy groups -OCH3 is 1. The summed E-state index contributed by atoms with van der Waals surface area (Å²) in [5, 5.41) is 0. The number of hydrogen-bond acceptors (Lipinski definition) is 2. The Morgan fingerprint density at radius 3 is 2.11 bits per heavy atom. The summed E-state index contributed by atoms with van der Waals surface area (Å²) in [6.45, 7) is 0. The molecule has 0 heterocycles. The molecule has 0 aliphatic rings. The van der Waals surface area contributed by atoms with Crippen LogP contribution in [0.1, 0.15) is 22.0 Å². The number of hydrogen-bond donors (Lipinski definition) is 0. The minimum atomic E-state index is -1.02. The van der Waals surface area contributed by atoms with E-state index in [9.17, 15) is 13.6 Å². The van der Waals surface area contributed by atoms with E-state index in [1.807, 2.05) is 0 Å². The largest absolute Gasteiger partial charge is 0.369 e. The van der Waals surface area contributed by atoms with E-state index in [4.69, 9.17) is 4.74 Å². The van der Waals surface area contributed by atoms with Crippen LogP contribution in [0.2, 0.25) is 0 Å². The molecule has 1 unspecified atom stereocenters. The average molecular weight is 262 g/mol. The van der Waals surface area contributed by atoms with Crippen molar-refractivity contribution in [1.29, 1.82) is 0 Å². The van der Waals surface area contributed by atoms with Gasteiger partial charge in [0.15, 0.2) is 0 Å². The Labute approximate surface area is 109 Å². The van der Waals surface area contributed by atoms with Crippen molar-refractivity contribution in [2.24, 2.45) is 0 Å². The number of ketones is 1. The molecule has 0 saturated heterocycles. The van der Waals surface area contributed by atoms with Crippen LogP contribution in [0.15, 0.2) is 48.5 Å². The van der Waals surface area contributed by atoms with Crippen molar-refractivity contribution in [2.75, 3.05) is 7.11 Å². The highest BCUT2D eigenvalue weighted by atomic mass is 19.1. The number of halogens is 2. The van der Waals surface area contributed by atoms with Gasteiger partial charge < -0.3 is 4.74 Å². The predicted molar refractivity (Wildman–Crippen MR) is 66.9 cm³/mol. The van der Waals surface area contributed by atoms with Crippen molar-refractivity contribution in [1.82, 2.24) is 0 Å². The van der Waals surface area contributed by atoms with Crippen LogP contribution in [0.4, 0.5) is 8.78 Å². The molecule has 0 aromatic heterocycles. The Kier molecular flexibility index (Phi) is 4.02. The summed E-state index contributed by atoms with van der Waals surface area (Å²) in [6, 6.07) is 11.9. The first-order valence-corrected chi connectivity index (χ1v) is 5.71. The van der Waals surface area contributed by atoms with Crippen molar-refractivity contribution in [3.63, 3.8) is 0 Å². The minimum absolute atomic E-state index is 0.553. The maximum Gasteiger partial charge on any atom is 0.201 e. The summed E-state index contributed by atoms with van der Waals surface area (Å²) in [5.74, 6) is -2.50. The highest BCUT2D eigenvalue weighted by Gasteiger charge is 2.26. The maximum absolute atomic E-state index is 13.6. The fourth-order valence-electron chi connectivity index (χ4n) is 1.89. The lowest BCUT2D eigenvalue weighted by molar-refractivity contribution is 0.0595. The second kappa shape index (κ2) is 5.71. The lowest BCUT2D eigenvalue weighted by Crippen LogP contribution is -2.17. The first-order chi connectivity index (χ1) is 9.15. The topological polar surface area (TPSA) is 26.3 Å². The molecule has 0 saturated carbocycles. The molecule has 0 aliphatic carbocycles. The highest BCUT2D eigenvalue weighted by Crippen LogP contribution is 2.24. The molecule has 0 spiro atoms. The number of ether oxygens (including phenoxy) is 1. The van der Waals surface area contributed by atoms with Crippen molar-refractivity contribution in [3.8, 4) is 0 Å². The van der Waals surface area contributed by atoms with E-state index in [1.54, 1.807) is 30.3 Å². The van der Waals surface area contributed by atoms with Gasteiger partial charge in [0, 0.05) is 7.11 Å². The Balaban J connectivity index is 2.42. The zero-order chi connectivity index (χ0) is 13.8. The molecule has 0 aliphatic heterocycles. The molecule has 4 heteroatoms. The fourth-order valence-corrected chi connectivity index (χ4v) is 1.89. The zero-order valence-electron chi connectivity index (χ0n) is 10.3. The van der Waals surface area contributed by atoms with E-state index in [1.165, 1.54) is 13.2 Å². The molecular weight excluding hydrogens is 250 g/mol. The molecule has 19 heavy (non-hydrogen) atoms. The molecule has 2 aromatic rings. The third-order valence-electron chi connectivity index (χ3n) is 2.79. The third kappa shape index (κ3) is 2.69. The Hall–Kier alpha value is -2.07. The van der Waals surface area contributed by atoms with Gasteiger partial charge >= 0.3 is 0 Å². The average Bonchev–Trinajstić information content (AvgIpc) is 2.40. The third-order valence-corrected chi connectivity index (χ3v) is 2.79. The first-order valence-electron chi connectivity index (χ1n) is 5.71. The van der Waals surface area contributed by atoms with Gasteiger partial charge in [0.2, 0.25) is 5.78 Å². The van der Waals surface area contributed by atoms with Gasteiger partial charge in [-0.1, -0.05) is 36.4 Å². The number of rotatable bonds is 4. The first kappa shape index (κ1) is 13.4. The molecule has 1 atom stereocenters. The summed E-state index contributed by atoms with van der Waals surface area (Å²) in [6.07, 6.45) is -1.02. The SMILES string of the molecule is COC(C(=O)c1c(F)cccc1F)c1ccccc1. The van der Waals surface area contributed by atoms with Gasteiger partial charge in [-0.05, 0) is 17.7 Å².